The van der Waals surface area contributed by atoms with Crippen molar-refractivity contribution in [3.8, 4) is 17.2 Å². The first-order valence-corrected chi connectivity index (χ1v) is 20.2. The largest absolute Gasteiger partial charge is 0.508 e. The molecule has 5 N–H and O–H groups in total. The van der Waals surface area contributed by atoms with E-state index in [-0.39, 0.29) is 23.9 Å². The van der Waals surface area contributed by atoms with Gasteiger partial charge in [0, 0.05) is 30.1 Å². The predicted octanol–water partition coefficient (Wildman–Crippen LogP) is 7.38. The molecular formula is C42H57N3O6S. The number of rotatable bonds is 21. The molecule has 0 spiro atoms. The first-order chi connectivity index (χ1) is 24.8. The van der Waals surface area contributed by atoms with E-state index in [2.05, 4.69) is 73.0 Å². The van der Waals surface area contributed by atoms with Crippen LogP contribution in [0.2, 0.25) is 0 Å². The average molecular weight is 732 g/mol. The molecule has 4 rings (SSSR count). The molecule has 2 atom stereocenters. The van der Waals surface area contributed by atoms with Gasteiger partial charge in [0.25, 0.3) is 0 Å². The van der Waals surface area contributed by atoms with Crippen molar-refractivity contribution in [2.45, 2.75) is 83.9 Å². The summed E-state index contributed by atoms with van der Waals surface area (Å²) >= 11 is 0. The van der Waals surface area contributed by atoms with Gasteiger partial charge < -0.3 is 25.4 Å². The summed E-state index contributed by atoms with van der Waals surface area (Å²) in [5.41, 5.74) is 5.11. The Bertz CT molecular complexity index is 1770. The molecule has 52 heavy (non-hydrogen) atoms. The van der Waals surface area contributed by atoms with Crippen molar-refractivity contribution in [3.63, 3.8) is 0 Å². The van der Waals surface area contributed by atoms with Crippen LogP contribution in [-0.4, -0.2) is 73.2 Å². The Morgan fingerprint density at radius 3 is 2.12 bits per heavy atom. The summed E-state index contributed by atoms with van der Waals surface area (Å²) in [5.74, 6) is 1.09. The fraction of sp³-hybridized carbons (Fsp3) is 0.429. The van der Waals surface area contributed by atoms with Crippen LogP contribution >= 0.6 is 0 Å². The second-order valence-electron chi connectivity index (χ2n) is 14.1. The number of nitrogens with zero attached hydrogens (tertiary/aromatic N) is 1. The number of aliphatic hydroxyl groups is 1. The van der Waals surface area contributed by atoms with E-state index in [0.717, 1.165) is 61.8 Å². The Morgan fingerprint density at radius 1 is 0.769 bits per heavy atom. The summed E-state index contributed by atoms with van der Waals surface area (Å²) in [6.45, 7) is 11.5. The number of hydrogen-bond donors (Lipinski definition) is 5. The Labute approximate surface area is 310 Å². The number of ether oxygens (including phenoxy) is 1. The highest BCUT2D eigenvalue weighted by molar-refractivity contribution is 7.92. The number of aliphatic hydroxyl groups excluding tert-OH is 1. The fourth-order valence-electron chi connectivity index (χ4n) is 6.62. The van der Waals surface area contributed by atoms with Gasteiger partial charge in [0.15, 0.2) is 0 Å². The molecule has 0 aliphatic heterocycles. The molecule has 0 fully saturated rings. The molecule has 0 saturated heterocycles. The summed E-state index contributed by atoms with van der Waals surface area (Å²) in [4.78, 5) is 2.51. The van der Waals surface area contributed by atoms with Crippen LogP contribution in [0.25, 0.3) is 0 Å². The Morgan fingerprint density at radius 2 is 1.44 bits per heavy atom. The molecule has 0 aromatic heterocycles. The summed E-state index contributed by atoms with van der Waals surface area (Å²) in [6, 6.07) is 29.9. The number of aryl methyl sites for hydroxylation is 1. The minimum atomic E-state index is -3.56. The van der Waals surface area contributed by atoms with Crippen molar-refractivity contribution in [2.75, 3.05) is 37.2 Å². The van der Waals surface area contributed by atoms with Gasteiger partial charge in [0.1, 0.15) is 17.2 Å². The van der Waals surface area contributed by atoms with E-state index in [1.54, 1.807) is 6.07 Å². The monoisotopic (exact) mass is 731 g/mol. The summed E-state index contributed by atoms with van der Waals surface area (Å²) in [6.07, 6.45) is 4.63. The first-order valence-electron chi connectivity index (χ1n) is 18.3. The number of hydrogen-bond acceptors (Lipinski definition) is 8. The van der Waals surface area contributed by atoms with Crippen LogP contribution in [0.3, 0.4) is 0 Å². The van der Waals surface area contributed by atoms with Gasteiger partial charge in [0.2, 0.25) is 10.0 Å². The van der Waals surface area contributed by atoms with Crippen LogP contribution < -0.4 is 14.8 Å². The quantitative estimate of drug-likeness (QED) is 0.0444. The summed E-state index contributed by atoms with van der Waals surface area (Å²) < 4.78 is 31.4. The van der Waals surface area contributed by atoms with E-state index >= 15 is 0 Å². The van der Waals surface area contributed by atoms with E-state index in [0.29, 0.717) is 36.5 Å². The highest BCUT2D eigenvalue weighted by Gasteiger charge is 2.22. The lowest BCUT2D eigenvalue weighted by Gasteiger charge is -2.32. The number of unbranched alkanes of at least 4 members (excludes halogenated alkanes) is 1. The number of phenols is 2. The van der Waals surface area contributed by atoms with Gasteiger partial charge in [-0.1, -0.05) is 60.7 Å². The van der Waals surface area contributed by atoms with E-state index < -0.39 is 16.1 Å². The molecule has 10 heteroatoms. The van der Waals surface area contributed by atoms with Crippen molar-refractivity contribution < 1.29 is 28.5 Å². The highest BCUT2D eigenvalue weighted by Crippen LogP contribution is 2.35. The Kier molecular flexibility index (Phi) is 15.4. The summed E-state index contributed by atoms with van der Waals surface area (Å²) in [5, 5.41) is 34.7. The number of nitrogens with one attached hydrogen (secondary N) is 2. The molecule has 2 unspecified atom stereocenters. The second kappa shape index (κ2) is 19.7. The maximum absolute atomic E-state index is 11.5. The molecular weight excluding hydrogens is 675 g/mol. The Balaban J connectivity index is 1.21. The minimum Gasteiger partial charge on any atom is -0.508 e. The zero-order chi connectivity index (χ0) is 37.7. The maximum atomic E-state index is 11.5. The molecule has 9 nitrogen and oxygen atoms in total. The average Bonchev–Trinajstić information content (AvgIpc) is 3.10. The molecule has 0 amide bonds. The molecule has 0 bridgehead atoms. The van der Waals surface area contributed by atoms with Crippen molar-refractivity contribution in [1.29, 1.82) is 0 Å². The van der Waals surface area contributed by atoms with Gasteiger partial charge in [-0.3, -0.25) is 9.62 Å². The Hall–Kier alpha value is -4.09. The van der Waals surface area contributed by atoms with Crippen LogP contribution in [0.15, 0.2) is 91.0 Å². The summed E-state index contributed by atoms with van der Waals surface area (Å²) in [7, 11) is -3.56. The molecule has 0 heterocycles. The molecule has 4 aromatic rings. The molecule has 0 aliphatic rings. The van der Waals surface area contributed by atoms with Gasteiger partial charge in [-0.25, -0.2) is 8.42 Å². The van der Waals surface area contributed by atoms with Crippen molar-refractivity contribution in [2.24, 2.45) is 0 Å². The number of sulfonamides is 1. The third-order valence-corrected chi connectivity index (χ3v) is 9.94. The zero-order valence-electron chi connectivity index (χ0n) is 31.3. The van der Waals surface area contributed by atoms with Crippen molar-refractivity contribution >= 4 is 15.7 Å². The standard InChI is InChI=1S/C42H57N3O6S/c1-30(2)45(31(3)4)25-23-37(34-12-7-6-8-13-34)38-27-33(16-20-40(38)46)11-9-10-26-51-36-18-14-32(15-19-36)22-24-43-29-42(48)35-17-21-41(47)39(28-35)44-52(5,49)50/h6-8,12-21,27-28,30-31,37,42-44,46-48H,9-11,22-26,29H2,1-5H3. The molecule has 282 valence electrons. The lowest BCUT2D eigenvalue weighted by atomic mass is 9.86. The highest BCUT2D eigenvalue weighted by atomic mass is 32.2. The number of benzene rings is 4. The zero-order valence-corrected chi connectivity index (χ0v) is 32.1. The number of anilines is 1. The van der Waals surface area contributed by atoms with Crippen LogP contribution in [0.1, 0.15) is 86.8 Å². The third-order valence-electron chi connectivity index (χ3n) is 9.35. The topological polar surface area (TPSA) is 131 Å². The smallest absolute Gasteiger partial charge is 0.229 e. The van der Waals surface area contributed by atoms with E-state index in [1.807, 2.05) is 42.5 Å². The lowest BCUT2D eigenvalue weighted by Crippen LogP contribution is -2.38. The molecule has 0 saturated carbocycles. The van der Waals surface area contributed by atoms with Crippen LogP contribution in [-0.2, 0) is 22.9 Å². The van der Waals surface area contributed by atoms with E-state index in [1.165, 1.54) is 23.3 Å². The van der Waals surface area contributed by atoms with Gasteiger partial charge in [-0.15, -0.1) is 0 Å². The number of phenolic OH excluding ortho intramolecular Hbond substituents is 2. The third kappa shape index (κ3) is 12.8. The number of aromatic hydroxyl groups is 2. The maximum Gasteiger partial charge on any atom is 0.229 e. The SMILES string of the molecule is CC(C)N(CCC(c1ccccc1)c1cc(CCCCOc2ccc(CCNCC(O)c3ccc(O)c(NS(C)(=O)=O)c3)cc2)ccc1O)C(C)C. The van der Waals surface area contributed by atoms with Gasteiger partial charge >= 0.3 is 0 Å². The molecule has 0 aliphatic carbocycles. The van der Waals surface area contributed by atoms with Crippen LogP contribution in [0.4, 0.5) is 5.69 Å². The van der Waals surface area contributed by atoms with Gasteiger partial charge in [-0.2, -0.15) is 0 Å². The van der Waals surface area contributed by atoms with Gasteiger partial charge in [-0.05, 0) is 125 Å². The normalized spacial score (nSPS) is 13.1. The predicted molar refractivity (Wildman–Crippen MR) is 211 cm³/mol. The van der Waals surface area contributed by atoms with Crippen molar-refractivity contribution in [3.05, 3.63) is 119 Å². The fourth-order valence-corrected chi connectivity index (χ4v) is 7.18. The molecule has 0 radical (unpaired) electrons. The van der Waals surface area contributed by atoms with Gasteiger partial charge in [0.05, 0.1) is 24.7 Å². The molecule has 4 aromatic carbocycles. The second-order valence-corrected chi connectivity index (χ2v) is 15.9. The van der Waals surface area contributed by atoms with E-state index in [4.69, 9.17) is 4.74 Å². The van der Waals surface area contributed by atoms with Crippen LogP contribution in [0.5, 0.6) is 17.2 Å². The van der Waals surface area contributed by atoms with E-state index in [9.17, 15) is 23.7 Å². The van der Waals surface area contributed by atoms with Crippen LogP contribution in [0, 0.1) is 0 Å². The lowest BCUT2D eigenvalue weighted by molar-refractivity contribution is 0.170. The minimum absolute atomic E-state index is 0.0336. The first kappa shape index (κ1) is 40.7. The van der Waals surface area contributed by atoms with Crippen molar-refractivity contribution in [1.82, 2.24) is 10.2 Å².